The zero-order chi connectivity index (χ0) is 19.1. The minimum absolute atomic E-state index is 0.127. The number of aryl methyl sites for hydroxylation is 2. The number of halogens is 1. The second kappa shape index (κ2) is 6.88. The quantitative estimate of drug-likeness (QED) is 0.693. The zero-order valence-electron chi connectivity index (χ0n) is 15.1. The number of nitrogens with zero attached hydrogens (tertiary/aromatic N) is 1. The van der Waals surface area contributed by atoms with E-state index in [9.17, 15) is 14.0 Å². The van der Waals surface area contributed by atoms with Crippen molar-refractivity contribution in [3.63, 3.8) is 0 Å². The van der Waals surface area contributed by atoms with Crippen LogP contribution in [-0.4, -0.2) is 15.9 Å². The number of aromatic amines is 1. The number of hydrogen-bond acceptors (Lipinski definition) is 5. The lowest BCUT2D eigenvalue weighted by molar-refractivity contribution is 0.0462. The molecule has 1 aliphatic rings. The predicted octanol–water partition coefficient (Wildman–Crippen LogP) is 3.91. The van der Waals surface area contributed by atoms with E-state index in [0.29, 0.717) is 27.5 Å². The Morgan fingerprint density at radius 1 is 1.44 bits per heavy atom. The second-order valence-corrected chi connectivity index (χ2v) is 8.17. The fourth-order valence-corrected chi connectivity index (χ4v) is 4.80. The molecule has 0 saturated carbocycles. The number of carbonyl (C=O) groups is 1. The Bertz CT molecular complexity index is 1100. The molecule has 0 saturated heterocycles. The van der Waals surface area contributed by atoms with Crippen LogP contribution in [0.4, 0.5) is 4.39 Å². The van der Waals surface area contributed by atoms with Crippen molar-refractivity contribution in [3.8, 4) is 0 Å². The lowest BCUT2D eigenvalue weighted by atomic mass is 9.89. The van der Waals surface area contributed by atoms with Gasteiger partial charge in [0, 0.05) is 4.88 Å². The van der Waals surface area contributed by atoms with Crippen LogP contribution in [0, 0.1) is 18.7 Å². The summed E-state index contributed by atoms with van der Waals surface area (Å²) in [5.74, 6) is -0.216. The van der Waals surface area contributed by atoms with Gasteiger partial charge in [0.15, 0.2) is 0 Å². The molecule has 0 unspecified atom stereocenters. The van der Waals surface area contributed by atoms with Crippen LogP contribution < -0.4 is 5.56 Å². The minimum Gasteiger partial charge on any atom is -0.454 e. The highest BCUT2D eigenvalue weighted by molar-refractivity contribution is 7.18. The molecule has 1 aromatic carbocycles. The Morgan fingerprint density at radius 3 is 3.04 bits per heavy atom. The summed E-state index contributed by atoms with van der Waals surface area (Å²) in [6.45, 7) is 3.66. The fraction of sp³-hybridized carbons (Fsp3) is 0.350. The molecule has 4 rings (SSSR count). The number of carbonyl (C=O) groups excluding carboxylic acids is 1. The molecule has 1 aliphatic carbocycles. The Kier molecular flexibility index (Phi) is 4.55. The molecule has 1 N–H and O–H groups in total. The van der Waals surface area contributed by atoms with Gasteiger partial charge in [-0.2, -0.15) is 0 Å². The van der Waals surface area contributed by atoms with Crippen molar-refractivity contribution in [2.75, 3.05) is 0 Å². The normalized spacial score (nSPS) is 16.3. The van der Waals surface area contributed by atoms with Gasteiger partial charge in [-0.15, -0.1) is 11.3 Å². The molecule has 27 heavy (non-hydrogen) atoms. The summed E-state index contributed by atoms with van der Waals surface area (Å²) in [6, 6.07) is 4.18. The molecule has 3 aromatic rings. The zero-order valence-corrected chi connectivity index (χ0v) is 15.9. The molecule has 2 aromatic heterocycles. The van der Waals surface area contributed by atoms with E-state index < -0.39 is 11.8 Å². The third-order valence-electron chi connectivity index (χ3n) is 4.96. The number of esters is 1. The molecule has 0 radical (unpaired) electrons. The highest BCUT2D eigenvalue weighted by Crippen LogP contribution is 2.35. The van der Waals surface area contributed by atoms with E-state index in [1.807, 2.05) is 0 Å². The molecule has 7 heteroatoms. The highest BCUT2D eigenvalue weighted by atomic mass is 32.1. The lowest BCUT2D eigenvalue weighted by Gasteiger charge is -2.17. The van der Waals surface area contributed by atoms with E-state index in [-0.39, 0.29) is 17.7 Å². The summed E-state index contributed by atoms with van der Waals surface area (Å²) >= 11 is 1.54. The summed E-state index contributed by atoms with van der Waals surface area (Å²) < 4.78 is 18.8. The third-order valence-corrected chi connectivity index (χ3v) is 6.11. The summed E-state index contributed by atoms with van der Waals surface area (Å²) in [4.78, 5) is 33.8. The maximum atomic E-state index is 13.6. The van der Waals surface area contributed by atoms with Crippen LogP contribution in [0.5, 0.6) is 0 Å². The predicted molar refractivity (Wildman–Crippen MR) is 102 cm³/mol. The number of rotatable bonds is 3. The number of benzene rings is 1. The average Bonchev–Trinajstić information content (AvgIpc) is 2.99. The Balaban J connectivity index is 1.57. The van der Waals surface area contributed by atoms with E-state index in [1.165, 1.54) is 17.0 Å². The van der Waals surface area contributed by atoms with E-state index >= 15 is 0 Å². The van der Waals surface area contributed by atoms with Crippen LogP contribution in [-0.2, 0) is 24.2 Å². The summed E-state index contributed by atoms with van der Waals surface area (Å²) in [7, 11) is 0. The summed E-state index contributed by atoms with van der Waals surface area (Å²) in [6.07, 6.45) is 2.94. The maximum absolute atomic E-state index is 13.6. The van der Waals surface area contributed by atoms with Crippen molar-refractivity contribution < 1.29 is 13.9 Å². The number of nitrogens with one attached hydrogen (secondary N) is 1. The molecule has 0 amide bonds. The molecule has 0 aliphatic heterocycles. The van der Waals surface area contributed by atoms with Crippen LogP contribution >= 0.6 is 11.3 Å². The molecule has 0 spiro atoms. The van der Waals surface area contributed by atoms with Gasteiger partial charge in [0.25, 0.3) is 5.56 Å². The Labute approximate surface area is 159 Å². The van der Waals surface area contributed by atoms with E-state index in [0.717, 1.165) is 30.9 Å². The van der Waals surface area contributed by atoms with Crippen LogP contribution in [0.15, 0.2) is 23.0 Å². The molecule has 0 bridgehead atoms. The van der Waals surface area contributed by atoms with Crippen LogP contribution in [0.2, 0.25) is 0 Å². The van der Waals surface area contributed by atoms with Crippen LogP contribution in [0.1, 0.15) is 45.5 Å². The van der Waals surface area contributed by atoms with E-state index in [4.69, 9.17) is 4.74 Å². The number of thiophene rings is 1. The van der Waals surface area contributed by atoms with E-state index in [1.54, 1.807) is 18.3 Å². The van der Waals surface area contributed by atoms with Gasteiger partial charge in [0.05, 0.1) is 10.9 Å². The van der Waals surface area contributed by atoms with Crippen molar-refractivity contribution in [2.45, 2.75) is 39.7 Å². The van der Waals surface area contributed by atoms with Gasteiger partial charge in [0.1, 0.15) is 23.1 Å². The first kappa shape index (κ1) is 17.9. The Hall–Kier alpha value is -2.54. The van der Waals surface area contributed by atoms with Crippen molar-refractivity contribution in [1.82, 2.24) is 9.97 Å². The topological polar surface area (TPSA) is 72.0 Å². The fourth-order valence-electron chi connectivity index (χ4n) is 3.40. The van der Waals surface area contributed by atoms with Gasteiger partial charge in [-0.3, -0.25) is 4.79 Å². The highest BCUT2D eigenvalue weighted by Gasteiger charge is 2.23. The van der Waals surface area contributed by atoms with Gasteiger partial charge < -0.3 is 9.72 Å². The third kappa shape index (κ3) is 3.39. The first-order chi connectivity index (χ1) is 12.9. The number of fused-ring (bicyclic) bond motifs is 3. The van der Waals surface area contributed by atoms with Crippen molar-refractivity contribution in [2.24, 2.45) is 5.92 Å². The van der Waals surface area contributed by atoms with Crippen molar-refractivity contribution in [3.05, 3.63) is 61.8 Å². The van der Waals surface area contributed by atoms with Gasteiger partial charge in [-0.05, 0) is 55.4 Å². The van der Waals surface area contributed by atoms with Gasteiger partial charge >= 0.3 is 5.97 Å². The average molecular weight is 386 g/mol. The smallest absolute Gasteiger partial charge is 0.338 e. The van der Waals surface area contributed by atoms with Gasteiger partial charge in [0.2, 0.25) is 0 Å². The number of aromatic nitrogens is 2. The molecule has 2 heterocycles. The molecule has 140 valence electrons. The molecule has 1 atom stereocenters. The van der Waals surface area contributed by atoms with Crippen LogP contribution in [0.3, 0.4) is 0 Å². The van der Waals surface area contributed by atoms with Gasteiger partial charge in [-0.25, -0.2) is 14.2 Å². The summed E-state index contributed by atoms with van der Waals surface area (Å²) in [5, 5.41) is 0.664. The molecular formula is C20H19FN2O3S. The molecule has 0 fully saturated rings. The standard InChI is InChI=1S/C20H19FN2O3S/c1-10-3-6-13-15(7-10)27-19-17(13)18(24)22-16(23-19)9-26-20(25)12-5-4-11(2)14(21)8-12/h4-5,8,10H,3,6-7,9H2,1-2H3,(H,22,23,24)/t10-/m1/s1. The van der Waals surface area contributed by atoms with E-state index in [2.05, 4.69) is 16.9 Å². The second-order valence-electron chi connectivity index (χ2n) is 7.08. The SMILES string of the molecule is Cc1ccc(C(=O)OCc2nc3sc4c(c3c(=O)[nH]2)CC[C@@H](C)C4)cc1F. The number of ether oxygens (including phenoxy) is 1. The number of hydrogen-bond donors (Lipinski definition) is 1. The first-order valence-electron chi connectivity index (χ1n) is 8.89. The minimum atomic E-state index is -0.657. The molecular weight excluding hydrogens is 367 g/mol. The van der Waals surface area contributed by atoms with Crippen LogP contribution in [0.25, 0.3) is 10.2 Å². The monoisotopic (exact) mass is 386 g/mol. The lowest BCUT2D eigenvalue weighted by Crippen LogP contribution is -2.16. The largest absolute Gasteiger partial charge is 0.454 e. The first-order valence-corrected chi connectivity index (χ1v) is 9.70. The van der Waals surface area contributed by atoms with Gasteiger partial charge in [-0.1, -0.05) is 13.0 Å². The van der Waals surface area contributed by atoms with Crippen molar-refractivity contribution in [1.29, 1.82) is 0 Å². The van der Waals surface area contributed by atoms with Crippen molar-refractivity contribution >= 4 is 27.5 Å². The Morgan fingerprint density at radius 2 is 2.26 bits per heavy atom. The summed E-state index contributed by atoms with van der Waals surface area (Å²) in [5.41, 5.74) is 1.50. The number of H-pyrrole nitrogens is 1. The molecule has 5 nitrogen and oxygen atoms in total. The maximum Gasteiger partial charge on any atom is 0.338 e.